The van der Waals surface area contributed by atoms with Crippen LogP contribution in [-0.2, 0) is 14.6 Å². The van der Waals surface area contributed by atoms with Gasteiger partial charge in [-0.05, 0) is 70.1 Å². The SMILES string of the molecule is Cc1c(Oc2ccc(S(=O)(=O)C3CC3)cc2Cl)ncnc1OC1CC2CCC(C1)N2C(=O)OC1CCC1. The minimum atomic E-state index is -3.35. The average Bonchev–Trinajstić information content (AvgIpc) is 3.66. The van der Waals surface area contributed by atoms with Crippen molar-refractivity contribution in [3.05, 3.63) is 35.1 Å². The van der Waals surface area contributed by atoms with Gasteiger partial charge in [-0.1, -0.05) is 11.6 Å². The van der Waals surface area contributed by atoms with Gasteiger partial charge < -0.3 is 19.1 Å². The molecular formula is C26H30ClN3O6S. The predicted molar refractivity (Wildman–Crippen MR) is 135 cm³/mol. The van der Waals surface area contributed by atoms with Crippen LogP contribution in [0.5, 0.6) is 17.5 Å². The number of carbonyl (C=O) groups is 1. The highest BCUT2D eigenvalue weighted by Crippen LogP contribution is 2.40. The second kappa shape index (κ2) is 9.62. The van der Waals surface area contributed by atoms with Crippen LogP contribution in [0.4, 0.5) is 4.79 Å². The lowest BCUT2D eigenvalue weighted by Gasteiger charge is -2.39. The molecule has 6 rings (SSSR count). The number of carbonyl (C=O) groups excluding carboxylic acids is 1. The number of ether oxygens (including phenoxy) is 3. The summed E-state index contributed by atoms with van der Waals surface area (Å²) >= 11 is 6.37. The fourth-order valence-corrected chi connectivity index (χ4v) is 7.39. The van der Waals surface area contributed by atoms with Crippen LogP contribution in [0, 0.1) is 6.92 Å². The molecule has 37 heavy (non-hydrogen) atoms. The Balaban J connectivity index is 1.12. The molecule has 2 aromatic rings. The molecule has 1 aromatic heterocycles. The van der Waals surface area contributed by atoms with E-state index in [0.717, 1.165) is 44.9 Å². The van der Waals surface area contributed by atoms with Gasteiger partial charge in [0.25, 0.3) is 0 Å². The maximum atomic E-state index is 12.7. The van der Waals surface area contributed by atoms with Gasteiger partial charge in [-0.25, -0.2) is 23.2 Å². The first-order valence-corrected chi connectivity index (χ1v) is 14.9. The van der Waals surface area contributed by atoms with Crippen molar-refractivity contribution in [3.63, 3.8) is 0 Å². The molecule has 0 radical (unpaired) electrons. The Labute approximate surface area is 221 Å². The number of hydrogen-bond acceptors (Lipinski definition) is 8. The van der Waals surface area contributed by atoms with Crippen molar-refractivity contribution in [2.24, 2.45) is 0 Å². The molecule has 9 nitrogen and oxygen atoms in total. The summed E-state index contributed by atoms with van der Waals surface area (Å²) in [5.74, 6) is 1.01. The maximum Gasteiger partial charge on any atom is 0.410 e. The van der Waals surface area contributed by atoms with Crippen molar-refractivity contribution in [1.29, 1.82) is 0 Å². The lowest BCUT2D eigenvalue weighted by atomic mass is 9.96. The lowest BCUT2D eigenvalue weighted by molar-refractivity contribution is -0.00516. The third kappa shape index (κ3) is 4.85. The molecule has 4 aliphatic rings. The molecule has 3 heterocycles. The van der Waals surface area contributed by atoms with Crippen molar-refractivity contribution in [2.75, 3.05) is 0 Å². The Kier molecular flexibility index (Phi) is 6.43. The third-order valence-electron chi connectivity index (χ3n) is 7.89. The molecule has 0 spiro atoms. The van der Waals surface area contributed by atoms with E-state index >= 15 is 0 Å². The van der Waals surface area contributed by atoms with E-state index in [9.17, 15) is 13.2 Å². The van der Waals surface area contributed by atoms with Gasteiger partial charge >= 0.3 is 6.09 Å². The van der Waals surface area contributed by atoms with Crippen LogP contribution in [0.2, 0.25) is 5.02 Å². The zero-order valence-electron chi connectivity index (χ0n) is 20.6. The van der Waals surface area contributed by atoms with E-state index in [0.29, 0.717) is 30.0 Å². The van der Waals surface area contributed by atoms with E-state index < -0.39 is 9.84 Å². The molecule has 0 N–H and O–H groups in total. The van der Waals surface area contributed by atoms with Crippen LogP contribution in [0.1, 0.15) is 63.4 Å². The summed E-state index contributed by atoms with van der Waals surface area (Å²) in [4.78, 5) is 23.4. The van der Waals surface area contributed by atoms with E-state index in [1.54, 1.807) is 6.07 Å². The van der Waals surface area contributed by atoms with Gasteiger partial charge in [-0.2, -0.15) is 0 Å². The van der Waals surface area contributed by atoms with Gasteiger partial charge in [0, 0.05) is 24.9 Å². The van der Waals surface area contributed by atoms with Crippen molar-refractivity contribution in [2.45, 2.75) is 99.1 Å². The summed E-state index contributed by atoms with van der Waals surface area (Å²) in [7, 11) is -3.35. The highest BCUT2D eigenvalue weighted by Gasteiger charge is 2.46. The largest absolute Gasteiger partial charge is 0.474 e. The Hall–Kier alpha value is -2.59. The summed E-state index contributed by atoms with van der Waals surface area (Å²) in [6.07, 6.45) is 8.96. The fourth-order valence-electron chi connectivity index (χ4n) is 5.43. The minimum absolute atomic E-state index is 0.0790. The second-order valence-corrected chi connectivity index (χ2v) is 13.1. The number of fused-ring (bicyclic) bond motifs is 2. The van der Waals surface area contributed by atoms with E-state index in [4.69, 9.17) is 25.8 Å². The molecule has 2 saturated carbocycles. The Morgan fingerprint density at radius 1 is 1.00 bits per heavy atom. The van der Waals surface area contributed by atoms with Gasteiger partial charge in [-0.3, -0.25) is 0 Å². The fraction of sp³-hybridized carbons (Fsp3) is 0.577. The monoisotopic (exact) mass is 547 g/mol. The zero-order chi connectivity index (χ0) is 25.7. The summed E-state index contributed by atoms with van der Waals surface area (Å²) < 4.78 is 42.9. The molecular weight excluding hydrogens is 518 g/mol. The maximum absolute atomic E-state index is 12.7. The number of halogens is 1. The van der Waals surface area contributed by atoms with Crippen LogP contribution in [0.25, 0.3) is 0 Å². The Bertz CT molecular complexity index is 1300. The van der Waals surface area contributed by atoms with Crippen LogP contribution in [0.15, 0.2) is 29.4 Å². The first-order valence-electron chi connectivity index (χ1n) is 13.0. The quantitative estimate of drug-likeness (QED) is 0.463. The molecule has 1 amide bonds. The predicted octanol–water partition coefficient (Wildman–Crippen LogP) is 5.23. The number of hydrogen-bond donors (Lipinski definition) is 0. The lowest BCUT2D eigenvalue weighted by Crippen LogP contribution is -2.50. The van der Waals surface area contributed by atoms with Gasteiger partial charge in [-0.15, -0.1) is 0 Å². The standard InChI is InChI=1S/C26H30ClN3O6S/c1-15-24(34-19-11-16-5-6-17(12-19)30(16)26(31)35-18-3-2-4-18)28-14-29-25(15)36-23-10-9-21(13-22(23)27)37(32,33)20-7-8-20/h9-10,13-14,16-20H,2-8,11-12H2,1H3. The van der Waals surface area contributed by atoms with E-state index in [1.807, 2.05) is 11.8 Å². The molecule has 4 fully saturated rings. The van der Waals surface area contributed by atoms with E-state index in [2.05, 4.69) is 9.97 Å². The average molecular weight is 548 g/mol. The first-order chi connectivity index (χ1) is 17.8. The Morgan fingerprint density at radius 2 is 1.70 bits per heavy atom. The summed E-state index contributed by atoms with van der Waals surface area (Å²) in [5, 5.41) is -0.116. The van der Waals surface area contributed by atoms with E-state index in [-0.39, 0.29) is 51.4 Å². The number of rotatable bonds is 7. The van der Waals surface area contributed by atoms with Crippen LogP contribution >= 0.6 is 11.6 Å². The summed E-state index contributed by atoms with van der Waals surface area (Å²) in [5.41, 5.74) is 0.618. The molecule has 2 saturated heterocycles. The van der Waals surface area contributed by atoms with Crippen LogP contribution in [-0.4, -0.2) is 58.9 Å². The van der Waals surface area contributed by atoms with Gasteiger partial charge in [0.05, 0.1) is 20.7 Å². The molecule has 2 aliphatic carbocycles. The number of sulfone groups is 1. The number of nitrogens with zero attached hydrogens (tertiary/aromatic N) is 3. The first kappa shape index (κ1) is 24.7. The van der Waals surface area contributed by atoms with Gasteiger partial charge in [0.1, 0.15) is 24.3 Å². The van der Waals surface area contributed by atoms with Crippen molar-refractivity contribution in [1.82, 2.24) is 14.9 Å². The minimum Gasteiger partial charge on any atom is -0.474 e. The van der Waals surface area contributed by atoms with Crippen LogP contribution < -0.4 is 9.47 Å². The number of benzene rings is 1. The van der Waals surface area contributed by atoms with E-state index in [1.165, 1.54) is 18.5 Å². The number of amides is 1. The van der Waals surface area contributed by atoms with Gasteiger partial charge in [0.15, 0.2) is 9.84 Å². The molecule has 2 unspecified atom stereocenters. The third-order valence-corrected chi connectivity index (χ3v) is 10.4. The second-order valence-electron chi connectivity index (χ2n) is 10.5. The van der Waals surface area contributed by atoms with Crippen LogP contribution in [0.3, 0.4) is 0 Å². The van der Waals surface area contributed by atoms with Crippen molar-refractivity contribution < 1.29 is 27.4 Å². The Morgan fingerprint density at radius 3 is 2.32 bits per heavy atom. The van der Waals surface area contributed by atoms with Gasteiger partial charge in [0.2, 0.25) is 11.8 Å². The molecule has 2 bridgehead atoms. The highest BCUT2D eigenvalue weighted by molar-refractivity contribution is 7.92. The van der Waals surface area contributed by atoms with Crippen molar-refractivity contribution >= 4 is 27.5 Å². The topological polar surface area (TPSA) is 108 Å². The van der Waals surface area contributed by atoms with Crippen molar-refractivity contribution in [3.8, 4) is 17.5 Å². The number of piperidine rings is 1. The molecule has 2 atom stereocenters. The molecule has 2 aliphatic heterocycles. The molecule has 11 heteroatoms. The summed E-state index contributed by atoms with van der Waals surface area (Å²) in [6.45, 7) is 1.81. The smallest absolute Gasteiger partial charge is 0.410 e. The molecule has 198 valence electrons. The zero-order valence-corrected chi connectivity index (χ0v) is 22.2. The molecule has 1 aromatic carbocycles. The normalized spacial score (nSPS) is 25.5. The highest BCUT2D eigenvalue weighted by atomic mass is 35.5. The summed E-state index contributed by atoms with van der Waals surface area (Å²) in [6, 6.07) is 4.72. The number of aromatic nitrogens is 2.